The van der Waals surface area contributed by atoms with Crippen LogP contribution in [0.3, 0.4) is 0 Å². The number of nitrogens with one attached hydrogen (secondary N) is 1. The first kappa shape index (κ1) is 16.1. The summed E-state index contributed by atoms with van der Waals surface area (Å²) in [7, 11) is 4.07. The number of likely N-dealkylation sites (N-methyl/N-ethyl adjacent to an activating group) is 2. The zero-order chi connectivity index (χ0) is 15.6. The Bertz CT molecular complexity index is 543. The summed E-state index contributed by atoms with van der Waals surface area (Å²) < 4.78 is 13.7. The molecule has 21 heavy (non-hydrogen) atoms. The second-order valence-electron chi connectivity index (χ2n) is 5.32. The number of halogens is 2. The van der Waals surface area contributed by atoms with Gasteiger partial charge in [0.05, 0.1) is 9.40 Å². The van der Waals surface area contributed by atoms with Crippen molar-refractivity contribution in [2.24, 2.45) is 0 Å². The SMILES string of the molecule is CN1CCN(C)C(CNc2cc(F)c(Br)cc2[N+](=O)[O-])C1. The van der Waals surface area contributed by atoms with Crippen molar-refractivity contribution in [1.29, 1.82) is 0 Å². The molecule has 0 aromatic heterocycles. The molecule has 1 N–H and O–H groups in total. The van der Waals surface area contributed by atoms with E-state index in [4.69, 9.17) is 0 Å². The summed E-state index contributed by atoms with van der Waals surface area (Å²) in [6, 6.07) is 2.58. The Balaban J connectivity index is 2.12. The van der Waals surface area contributed by atoms with E-state index in [0.717, 1.165) is 25.7 Å². The van der Waals surface area contributed by atoms with Crippen molar-refractivity contribution in [2.75, 3.05) is 45.6 Å². The molecule has 0 radical (unpaired) electrons. The first-order valence-corrected chi connectivity index (χ1v) is 7.44. The molecule has 116 valence electrons. The Morgan fingerprint density at radius 1 is 1.48 bits per heavy atom. The summed E-state index contributed by atoms with van der Waals surface area (Å²) in [5, 5.41) is 14.1. The van der Waals surface area contributed by atoms with E-state index in [-0.39, 0.29) is 21.9 Å². The highest BCUT2D eigenvalue weighted by Crippen LogP contribution is 2.30. The Labute approximate surface area is 131 Å². The van der Waals surface area contributed by atoms with Crippen LogP contribution in [0, 0.1) is 15.9 Å². The zero-order valence-electron chi connectivity index (χ0n) is 12.0. The number of piperazine rings is 1. The third-order valence-corrected chi connectivity index (χ3v) is 4.35. The molecule has 1 fully saturated rings. The minimum Gasteiger partial charge on any atom is -0.378 e. The van der Waals surface area contributed by atoms with Gasteiger partial charge < -0.3 is 10.2 Å². The van der Waals surface area contributed by atoms with Crippen molar-refractivity contribution < 1.29 is 9.31 Å². The number of rotatable bonds is 4. The van der Waals surface area contributed by atoms with Gasteiger partial charge >= 0.3 is 0 Å². The molecule has 8 heteroatoms. The van der Waals surface area contributed by atoms with Crippen LogP contribution in [0.5, 0.6) is 0 Å². The van der Waals surface area contributed by atoms with Gasteiger partial charge in [0.2, 0.25) is 0 Å². The van der Waals surface area contributed by atoms with E-state index in [0.29, 0.717) is 6.54 Å². The van der Waals surface area contributed by atoms with Crippen LogP contribution in [0.1, 0.15) is 0 Å². The number of benzene rings is 1. The maximum Gasteiger partial charge on any atom is 0.293 e. The normalized spacial score (nSPS) is 20.5. The summed E-state index contributed by atoms with van der Waals surface area (Å²) in [4.78, 5) is 15.0. The van der Waals surface area contributed by atoms with Gasteiger partial charge in [0.15, 0.2) is 0 Å². The molecule has 0 aliphatic carbocycles. The highest BCUT2D eigenvalue weighted by molar-refractivity contribution is 9.10. The fraction of sp³-hybridized carbons (Fsp3) is 0.538. The number of hydrogen-bond acceptors (Lipinski definition) is 5. The molecule has 6 nitrogen and oxygen atoms in total. The second-order valence-corrected chi connectivity index (χ2v) is 6.17. The van der Waals surface area contributed by atoms with E-state index in [1.165, 1.54) is 6.07 Å². The lowest BCUT2D eigenvalue weighted by Gasteiger charge is -2.37. The van der Waals surface area contributed by atoms with Crippen LogP contribution in [0.4, 0.5) is 15.8 Å². The lowest BCUT2D eigenvalue weighted by molar-refractivity contribution is -0.384. The van der Waals surface area contributed by atoms with Gasteiger partial charge in [-0.05, 0) is 30.0 Å². The smallest absolute Gasteiger partial charge is 0.293 e. The molecule has 0 spiro atoms. The monoisotopic (exact) mass is 360 g/mol. The zero-order valence-corrected chi connectivity index (χ0v) is 13.6. The molecule has 1 aliphatic rings. The molecule has 1 atom stereocenters. The van der Waals surface area contributed by atoms with Crippen molar-refractivity contribution in [3.05, 3.63) is 32.5 Å². The van der Waals surface area contributed by atoms with E-state index < -0.39 is 10.7 Å². The minimum atomic E-state index is -0.516. The van der Waals surface area contributed by atoms with Crippen molar-refractivity contribution in [3.8, 4) is 0 Å². The summed E-state index contributed by atoms with van der Waals surface area (Å²) in [6.07, 6.45) is 0. The van der Waals surface area contributed by atoms with Gasteiger partial charge in [0.25, 0.3) is 5.69 Å². The first-order chi connectivity index (χ1) is 9.88. The van der Waals surface area contributed by atoms with E-state index in [1.807, 2.05) is 14.1 Å². The maximum atomic E-state index is 13.6. The summed E-state index contributed by atoms with van der Waals surface area (Å²) in [6.45, 7) is 3.35. The van der Waals surface area contributed by atoms with Gasteiger partial charge in [-0.15, -0.1) is 0 Å². The third kappa shape index (κ3) is 3.90. The second kappa shape index (κ2) is 6.67. The van der Waals surface area contributed by atoms with Crippen molar-refractivity contribution in [2.45, 2.75) is 6.04 Å². The van der Waals surface area contributed by atoms with Gasteiger partial charge in [-0.1, -0.05) is 0 Å². The van der Waals surface area contributed by atoms with Gasteiger partial charge in [-0.25, -0.2) is 4.39 Å². The van der Waals surface area contributed by atoms with Gasteiger partial charge in [-0.2, -0.15) is 0 Å². The molecule has 0 saturated carbocycles. The van der Waals surface area contributed by atoms with E-state index in [9.17, 15) is 14.5 Å². The number of hydrogen-bond donors (Lipinski definition) is 1. The molecule has 1 aliphatic heterocycles. The largest absolute Gasteiger partial charge is 0.378 e. The molecule has 1 aromatic rings. The topological polar surface area (TPSA) is 61.6 Å². The number of nitro groups is 1. The molecule has 1 heterocycles. The third-order valence-electron chi connectivity index (χ3n) is 3.74. The highest BCUT2D eigenvalue weighted by Gasteiger charge is 2.23. The van der Waals surface area contributed by atoms with Crippen LogP contribution in [-0.4, -0.2) is 61.0 Å². The van der Waals surface area contributed by atoms with Crippen LogP contribution in [0.25, 0.3) is 0 Å². The summed E-state index contributed by atoms with van der Waals surface area (Å²) >= 11 is 2.97. The van der Waals surface area contributed by atoms with E-state index >= 15 is 0 Å². The fourth-order valence-corrected chi connectivity index (χ4v) is 2.71. The van der Waals surface area contributed by atoms with Crippen LogP contribution in [-0.2, 0) is 0 Å². The summed E-state index contributed by atoms with van der Waals surface area (Å²) in [5.41, 5.74) is 0.0809. The molecular formula is C13H18BrFN4O2. The van der Waals surface area contributed by atoms with E-state index in [1.54, 1.807) is 0 Å². The lowest BCUT2D eigenvalue weighted by Crippen LogP contribution is -2.52. The maximum absolute atomic E-state index is 13.6. The van der Waals surface area contributed by atoms with Gasteiger partial charge in [-0.3, -0.25) is 15.0 Å². The first-order valence-electron chi connectivity index (χ1n) is 6.64. The molecule has 1 aromatic carbocycles. The minimum absolute atomic E-state index is 0.0919. The van der Waals surface area contributed by atoms with Crippen LogP contribution in [0.2, 0.25) is 0 Å². The lowest BCUT2D eigenvalue weighted by atomic mass is 10.1. The quantitative estimate of drug-likeness (QED) is 0.658. The number of anilines is 1. The Morgan fingerprint density at radius 3 is 2.86 bits per heavy atom. The number of nitro benzene ring substituents is 1. The average Bonchev–Trinajstić information content (AvgIpc) is 2.42. The Kier molecular flexibility index (Phi) is 5.13. The van der Waals surface area contributed by atoms with E-state index in [2.05, 4.69) is 31.0 Å². The standard InChI is InChI=1S/C13H18BrFN4O2/c1-17-3-4-18(2)9(8-17)7-16-12-6-11(15)10(14)5-13(12)19(20)21/h5-6,9,16H,3-4,7-8H2,1-2H3. The average molecular weight is 361 g/mol. The number of nitrogens with zero attached hydrogens (tertiary/aromatic N) is 3. The van der Waals surface area contributed by atoms with Crippen LogP contribution < -0.4 is 5.32 Å². The van der Waals surface area contributed by atoms with Gasteiger partial charge in [0.1, 0.15) is 11.5 Å². The molecular weight excluding hydrogens is 343 g/mol. The molecule has 0 bridgehead atoms. The molecule has 2 rings (SSSR count). The highest BCUT2D eigenvalue weighted by atomic mass is 79.9. The predicted octanol–water partition coefficient (Wildman–Crippen LogP) is 2.15. The van der Waals surface area contributed by atoms with Crippen molar-refractivity contribution >= 4 is 27.3 Å². The fourth-order valence-electron chi connectivity index (χ4n) is 2.38. The molecule has 1 saturated heterocycles. The molecule has 1 unspecified atom stereocenters. The Hall–Kier alpha value is -1.25. The Morgan fingerprint density at radius 2 is 2.19 bits per heavy atom. The molecule has 0 amide bonds. The summed E-state index contributed by atoms with van der Waals surface area (Å²) in [5.74, 6) is -0.516. The van der Waals surface area contributed by atoms with Crippen molar-refractivity contribution in [3.63, 3.8) is 0 Å². The van der Waals surface area contributed by atoms with Crippen molar-refractivity contribution in [1.82, 2.24) is 9.80 Å². The van der Waals surface area contributed by atoms with Crippen LogP contribution >= 0.6 is 15.9 Å². The van der Waals surface area contributed by atoms with Crippen LogP contribution in [0.15, 0.2) is 16.6 Å². The predicted molar refractivity (Wildman–Crippen MR) is 83.2 cm³/mol. The van der Waals surface area contributed by atoms with Gasteiger partial charge in [0, 0.05) is 44.4 Å².